The summed E-state index contributed by atoms with van der Waals surface area (Å²) < 4.78 is 0. The van der Waals surface area contributed by atoms with Crippen molar-refractivity contribution in [1.82, 2.24) is 0 Å². The Balaban J connectivity index is 3.18. The van der Waals surface area contributed by atoms with Gasteiger partial charge < -0.3 is 0 Å². The van der Waals surface area contributed by atoms with Gasteiger partial charge in [0.2, 0.25) is 0 Å². The maximum absolute atomic E-state index is 3.87. The molecule has 0 amide bonds. The first-order valence-corrected chi connectivity index (χ1v) is 3.88. The Morgan fingerprint density at radius 2 is 1.83 bits per heavy atom. The second-order valence-corrected chi connectivity index (χ2v) is 2.49. The van der Waals surface area contributed by atoms with E-state index in [4.69, 9.17) is 0 Å². The minimum absolute atomic E-state index is 0.794. The van der Waals surface area contributed by atoms with Crippen LogP contribution >= 0.6 is 0 Å². The zero-order valence-electron chi connectivity index (χ0n) is 7.25. The molecule has 0 radical (unpaired) electrons. The second kappa shape index (κ2) is 3.81. The van der Waals surface area contributed by atoms with Crippen LogP contribution in [0.5, 0.6) is 0 Å². The summed E-state index contributed by atoms with van der Waals surface area (Å²) >= 11 is 0. The lowest BCUT2D eigenvalue weighted by Crippen LogP contribution is -1.78. The highest BCUT2D eigenvalue weighted by Crippen LogP contribution is 2.27. The van der Waals surface area contributed by atoms with E-state index >= 15 is 0 Å². The van der Waals surface area contributed by atoms with Crippen molar-refractivity contribution < 1.29 is 0 Å². The fraction of sp³-hybridized carbons (Fsp3) is 0.200. The molecule has 1 aromatic carbocycles. The van der Waals surface area contributed by atoms with Gasteiger partial charge in [-0.15, -0.1) is 0 Å². The monoisotopic (exact) mass is 160 g/mol. The average molecular weight is 160 g/mol. The fourth-order valence-corrected chi connectivity index (χ4v) is 1.05. The summed E-state index contributed by atoms with van der Waals surface area (Å²) in [4.78, 5) is 7.70. The standard InChI is InChI=1S/C10H12N2/c1-4-8-5-6-9(11-2)10(7-8)12-3/h5-7H,2-4H2,1H3. The van der Waals surface area contributed by atoms with Crippen molar-refractivity contribution in [3.05, 3.63) is 23.8 Å². The summed E-state index contributed by atoms with van der Waals surface area (Å²) in [6.45, 7) is 9.03. The van der Waals surface area contributed by atoms with Gasteiger partial charge in [-0.1, -0.05) is 13.0 Å². The van der Waals surface area contributed by atoms with Crippen molar-refractivity contribution >= 4 is 24.8 Å². The van der Waals surface area contributed by atoms with Crippen molar-refractivity contribution in [2.75, 3.05) is 0 Å². The quantitative estimate of drug-likeness (QED) is 0.607. The molecule has 2 heteroatoms. The van der Waals surface area contributed by atoms with E-state index in [2.05, 4.69) is 30.3 Å². The summed E-state index contributed by atoms with van der Waals surface area (Å²) in [6, 6.07) is 5.92. The third-order valence-corrected chi connectivity index (χ3v) is 1.79. The number of hydrogen-bond acceptors (Lipinski definition) is 2. The molecule has 0 aliphatic carbocycles. The Kier molecular flexibility index (Phi) is 2.75. The average Bonchev–Trinajstić information content (AvgIpc) is 2.16. The number of aryl methyl sites for hydroxylation is 1. The van der Waals surface area contributed by atoms with Crippen molar-refractivity contribution in [3.8, 4) is 0 Å². The van der Waals surface area contributed by atoms with E-state index in [9.17, 15) is 0 Å². The molecule has 0 N–H and O–H groups in total. The summed E-state index contributed by atoms with van der Waals surface area (Å²) in [5.41, 5.74) is 2.84. The van der Waals surface area contributed by atoms with Gasteiger partial charge in [0.05, 0.1) is 11.4 Å². The zero-order chi connectivity index (χ0) is 8.97. The summed E-state index contributed by atoms with van der Waals surface area (Å²) in [5, 5.41) is 0. The number of nitrogens with zero attached hydrogens (tertiary/aromatic N) is 2. The Labute approximate surface area is 72.7 Å². The molecule has 0 saturated heterocycles. The molecule has 0 atom stereocenters. The lowest BCUT2D eigenvalue weighted by atomic mass is 10.1. The molecule has 1 aromatic rings. The van der Waals surface area contributed by atoms with Gasteiger partial charge in [0.1, 0.15) is 0 Å². The smallest absolute Gasteiger partial charge is 0.0881 e. The third-order valence-electron chi connectivity index (χ3n) is 1.79. The highest BCUT2D eigenvalue weighted by molar-refractivity contribution is 5.67. The molecule has 12 heavy (non-hydrogen) atoms. The lowest BCUT2D eigenvalue weighted by Gasteiger charge is -2.01. The molecule has 0 aromatic heterocycles. The van der Waals surface area contributed by atoms with Crippen LogP contribution in [0.3, 0.4) is 0 Å². The summed E-state index contributed by atoms with van der Waals surface area (Å²) in [5.74, 6) is 0. The molecule has 0 heterocycles. The van der Waals surface area contributed by atoms with Crippen LogP contribution in [-0.4, -0.2) is 13.4 Å². The van der Waals surface area contributed by atoms with Crippen LogP contribution in [0.25, 0.3) is 0 Å². The molecule has 0 aliphatic heterocycles. The minimum atomic E-state index is 0.794. The number of hydrogen-bond donors (Lipinski definition) is 0. The van der Waals surface area contributed by atoms with Crippen LogP contribution in [-0.2, 0) is 6.42 Å². The predicted octanol–water partition coefficient (Wildman–Crippen LogP) is 2.91. The molecule has 2 nitrogen and oxygen atoms in total. The van der Waals surface area contributed by atoms with E-state index in [1.165, 1.54) is 5.56 Å². The molecular formula is C10H12N2. The molecule has 62 valence electrons. The van der Waals surface area contributed by atoms with Crippen LogP contribution in [0.2, 0.25) is 0 Å². The Morgan fingerprint density at radius 1 is 1.17 bits per heavy atom. The number of aliphatic imine (C=N–C) groups is 2. The Bertz CT molecular complexity index is 303. The van der Waals surface area contributed by atoms with E-state index in [1.807, 2.05) is 18.2 Å². The Morgan fingerprint density at radius 3 is 2.33 bits per heavy atom. The molecule has 0 fully saturated rings. The topological polar surface area (TPSA) is 24.7 Å². The van der Waals surface area contributed by atoms with E-state index in [-0.39, 0.29) is 0 Å². The van der Waals surface area contributed by atoms with Crippen LogP contribution in [0, 0.1) is 0 Å². The van der Waals surface area contributed by atoms with Crippen molar-refractivity contribution in [2.45, 2.75) is 13.3 Å². The van der Waals surface area contributed by atoms with E-state index in [0.717, 1.165) is 17.8 Å². The molecule has 0 saturated carbocycles. The lowest BCUT2D eigenvalue weighted by molar-refractivity contribution is 1.14. The first-order chi connectivity index (χ1) is 5.81. The van der Waals surface area contributed by atoms with Gasteiger partial charge in [-0.2, -0.15) is 0 Å². The summed E-state index contributed by atoms with van der Waals surface area (Å²) in [6.07, 6.45) is 1.000. The molecule has 0 spiro atoms. The normalized spacial score (nSPS) is 9.42. The molecule has 0 unspecified atom stereocenters. The largest absolute Gasteiger partial charge is 0.262 e. The van der Waals surface area contributed by atoms with E-state index in [0.29, 0.717) is 0 Å². The van der Waals surface area contributed by atoms with Gasteiger partial charge in [0.25, 0.3) is 0 Å². The van der Waals surface area contributed by atoms with Crippen molar-refractivity contribution in [3.63, 3.8) is 0 Å². The highest BCUT2D eigenvalue weighted by atomic mass is 14.8. The number of benzene rings is 1. The van der Waals surface area contributed by atoms with E-state index < -0.39 is 0 Å². The molecular weight excluding hydrogens is 148 g/mol. The van der Waals surface area contributed by atoms with Gasteiger partial charge in [-0.05, 0) is 37.6 Å². The van der Waals surface area contributed by atoms with E-state index in [1.54, 1.807) is 0 Å². The SMILES string of the molecule is C=Nc1ccc(CC)cc1N=C. The van der Waals surface area contributed by atoms with Crippen LogP contribution in [0.1, 0.15) is 12.5 Å². The molecule has 0 aliphatic rings. The third kappa shape index (κ3) is 1.59. The van der Waals surface area contributed by atoms with Gasteiger partial charge >= 0.3 is 0 Å². The van der Waals surface area contributed by atoms with Crippen LogP contribution in [0.4, 0.5) is 11.4 Å². The van der Waals surface area contributed by atoms with Crippen LogP contribution < -0.4 is 0 Å². The van der Waals surface area contributed by atoms with Crippen LogP contribution in [0.15, 0.2) is 28.2 Å². The van der Waals surface area contributed by atoms with Gasteiger partial charge in [0.15, 0.2) is 0 Å². The molecule has 0 bridgehead atoms. The second-order valence-electron chi connectivity index (χ2n) is 2.49. The Hall–Kier alpha value is -1.44. The highest BCUT2D eigenvalue weighted by Gasteiger charge is 1.98. The molecule has 1 rings (SSSR count). The first-order valence-electron chi connectivity index (χ1n) is 3.88. The maximum Gasteiger partial charge on any atom is 0.0881 e. The maximum atomic E-state index is 3.87. The summed E-state index contributed by atoms with van der Waals surface area (Å²) in [7, 11) is 0. The van der Waals surface area contributed by atoms with Gasteiger partial charge in [0, 0.05) is 0 Å². The fourth-order valence-electron chi connectivity index (χ4n) is 1.05. The first kappa shape index (κ1) is 8.65. The van der Waals surface area contributed by atoms with Crippen molar-refractivity contribution in [1.29, 1.82) is 0 Å². The zero-order valence-corrected chi connectivity index (χ0v) is 7.25. The predicted molar refractivity (Wildman–Crippen MR) is 54.2 cm³/mol. The van der Waals surface area contributed by atoms with Crippen molar-refractivity contribution in [2.24, 2.45) is 9.98 Å². The van der Waals surface area contributed by atoms with Gasteiger partial charge in [-0.3, -0.25) is 9.98 Å². The minimum Gasteiger partial charge on any atom is -0.262 e. The van der Waals surface area contributed by atoms with Gasteiger partial charge in [-0.25, -0.2) is 0 Å². The number of rotatable bonds is 3.